The Labute approximate surface area is 165 Å². The summed E-state index contributed by atoms with van der Waals surface area (Å²) < 4.78 is 19.3. The molecule has 0 aliphatic rings. The van der Waals surface area contributed by atoms with Crippen molar-refractivity contribution in [1.29, 1.82) is 0 Å². The highest BCUT2D eigenvalue weighted by Gasteiger charge is 2.20. The zero-order valence-corrected chi connectivity index (χ0v) is 16.6. The topological polar surface area (TPSA) is 58.6 Å². The molecule has 28 heavy (non-hydrogen) atoms. The summed E-state index contributed by atoms with van der Waals surface area (Å²) in [7, 11) is 0. The summed E-state index contributed by atoms with van der Waals surface area (Å²) >= 11 is 0. The molecule has 0 aliphatic carbocycles. The second kappa shape index (κ2) is 10.4. The van der Waals surface area contributed by atoms with Crippen LogP contribution < -0.4 is 10.2 Å². The predicted octanol–water partition coefficient (Wildman–Crippen LogP) is 4.13. The highest BCUT2D eigenvalue weighted by molar-refractivity contribution is 5.95. The van der Waals surface area contributed by atoms with E-state index in [9.17, 15) is 14.0 Å². The van der Waals surface area contributed by atoms with Gasteiger partial charge in [0.05, 0.1) is 6.61 Å². The minimum absolute atomic E-state index is 0.124. The number of amides is 2. The lowest BCUT2D eigenvalue weighted by Crippen LogP contribution is -2.50. The van der Waals surface area contributed by atoms with E-state index in [1.807, 2.05) is 26.8 Å². The molecule has 0 aliphatic heterocycles. The Morgan fingerprint density at radius 1 is 1.14 bits per heavy atom. The first kappa shape index (κ1) is 21.4. The van der Waals surface area contributed by atoms with Gasteiger partial charge in [-0.2, -0.15) is 0 Å². The molecule has 6 heteroatoms. The van der Waals surface area contributed by atoms with E-state index in [-0.39, 0.29) is 30.1 Å². The molecule has 1 N–H and O–H groups in total. The molecule has 0 saturated heterocycles. The number of rotatable bonds is 8. The first-order valence-electron chi connectivity index (χ1n) is 9.51. The van der Waals surface area contributed by atoms with E-state index in [1.54, 1.807) is 30.3 Å². The number of benzene rings is 2. The summed E-state index contributed by atoms with van der Waals surface area (Å²) in [5.41, 5.74) is 3.78. The van der Waals surface area contributed by atoms with Gasteiger partial charge in [-0.1, -0.05) is 25.1 Å². The molecule has 2 amide bonds. The highest BCUT2D eigenvalue weighted by atomic mass is 19.1. The Balaban J connectivity index is 2.05. The van der Waals surface area contributed by atoms with E-state index in [2.05, 4.69) is 5.43 Å². The largest absolute Gasteiger partial charge is 0.493 e. The van der Waals surface area contributed by atoms with Crippen LogP contribution in [0.3, 0.4) is 0 Å². The van der Waals surface area contributed by atoms with Crippen LogP contribution in [0.15, 0.2) is 48.5 Å². The molecule has 2 rings (SSSR count). The summed E-state index contributed by atoms with van der Waals surface area (Å²) in [5, 5.41) is 1.32. The molecule has 2 aromatic carbocycles. The van der Waals surface area contributed by atoms with Gasteiger partial charge in [-0.25, -0.2) is 4.39 Å². The summed E-state index contributed by atoms with van der Waals surface area (Å²) in [4.78, 5) is 25.1. The normalized spacial score (nSPS) is 10.6. The van der Waals surface area contributed by atoms with Crippen molar-refractivity contribution < 1.29 is 18.7 Å². The number of hydrazine groups is 1. The first-order valence-corrected chi connectivity index (χ1v) is 9.51. The number of nitrogens with one attached hydrogen (secondary N) is 1. The molecule has 150 valence electrons. The van der Waals surface area contributed by atoms with Crippen molar-refractivity contribution in [2.75, 3.05) is 6.61 Å². The summed E-state index contributed by atoms with van der Waals surface area (Å²) in [5.74, 6) is -0.379. The van der Waals surface area contributed by atoms with Crippen LogP contribution in [0.4, 0.5) is 4.39 Å². The quantitative estimate of drug-likeness (QED) is 0.694. The van der Waals surface area contributed by atoms with Gasteiger partial charge in [0.1, 0.15) is 11.6 Å². The molecule has 0 atom stereocenters. The lowest BCUT2D eigenvalue weighted by molar-refractivity contribution is -0.135. The fourth-order valence-corrected chi connectivity index (χ4v) is 2.70. The number of carbonyl (C=O) groups is 2. The fourth-order valence-electron chi connectivity index (χ4n) is 2.70. The first-order chi connectivity index (χ1) is 13.4. The molecule has 0 fully saturated rings. The molecule has 0 bridgehead atoms. The molecule has 0 spiro atoms. The Morgan fingerprint density at radius 2 is 1.86 bits per heavy atom. The lowest BCUT2D eigenvalue weighted by atomic mass is 10.1. The van der Waals surface area contributed by atoms with Crippen molar-refractivity contribution >= 4 is 11.8 Å². The average Bonchev–Trinajstić information content (AvgIpc) is 2.69. The molecular weight excluding hydrogens is 359 g/mol. The Morgan fingerprint density at radius 3 is 2.50 bits per heavy atom. The maximum absolute atomic E-state index is 13.6. The maximum Gasteiger partial charge on any atom is 0.269 e. The van der Waals surface area contributed by atoms with Gasteiger partial charge < -0.3 is 4.74 Å². The van der Waals surface area contributed by atoms with Crippen LogP contribution >= 0.6 is 0 Å². The average molecular weight is 386 g/mol. The van der Waals surface area contributed by atoms with E-state index >= 15 is 0 Å². The number of halogens is 1. The minimum Gasteiger partial charge on any atom is -0.493 e. The van der Waals surface area contributed by atoms with E-state index in [4.69, 9.17) is 4.74 Å². The van der Waals surface area contributed by atoms with Crippen LogP contribution in [0.2, 0.25) is 0 Å². The number of hydrogen-bond donors (Lipinski definition) is 1. The lowest BCUT2D eigenvalue weighted by Gasteiger charge is -2.27. The molecule has 0 unspecified atom stereocenters. The van der Waals surface area contributed by atoms with Crippen LogP contribution in [0.5, 0.6) is 5.75 Å². The van der Waals surface area contributed by atoms with Gasteiger partial charge in [-0.05, 0) is 62.6 Å². The molecule has 0 saturated carbocycles. The van der Waals surface area contributed by atoms with Gasteiger partial charge in [0.15, 0.2) is 0 Å². The number of hydrogen-bond acceptors (Lipinski definition) is 3. The van der Waals surface area contributed by atoms with Crippen LogP contribution in [-0.4, -0.2) is 29.5 Å². The molecule has 0 radical (unpaired) electrons. The zero-order chi connectivity index (χ0) is 20.5. The molecule has 5 nitrogen and oxygen atoms in total. The van der Waals surface area contributed by atoms with Crippen LogP contribution in [0, 0.1) is 5.82 Å². The van der Waals surface area contributed by atoms with Crippen molar-refractivity contribution in [2.24, 2.45) is 0 Å². The van der Waals surface area contributed by atoms with Gasteiger partial charge in [-0.15, -0.1) is 0 Å². The summed E-state index contributed by atoms with van der Waals surface area (Å²) in [6, 6.07) is 12.8. The van der Waals surface area contributed by atoms with E-state index in [0.717, 1.165) is 6.42 Å². The third-order valence-electron chi connectivity index (χ3n) is 4.14. The summed E-state index contributed by atoms with van der Waals surface area (Å²) in [6.07, 6.45) is 1.28. The third-order valence-corrected chi connectivity index (χ3v) is 4.14. The molecule has 0 aromatic heterocycles. The SMILES string of the molecule is CCCOc1ccc(F)cc1CCC(=O)N(NC(=O)c1ccccc1)C(C)C. The van der Waals surface area contributed by atoms with Crippen molar-refractivity contribution in [1.82, 2.24) is 10.4 Å². The standard InChI is InChI=1S/C22H27FN2O3/c1-4-14-28-20-12-11-19(23)15-18(20)10-13-21(26)25(16(2)3)24-22(27)17-8-6-5-7-9-17/h5-9,11-12,15-16H,4,10,13-14H2,1-3H3,(H,24,27). The highest BCUT2D eigenvalue weighted by Crippen LogP contribution is 2.22. The number of nitrogens with zero attached hydrogens (tertiary/aromatic N) is 1. The summed E-state index contributed by atoms with van der Waals surface area (Å²) in [6.45, 7) is 6.16. The van der Waals surface area contributed by atoms with Crippen molar-refractivity contribution in [2.45, 2.75) is 46.1 Å². The van der Waals surface area contributed by atoms with Gasteiger partial charge in [0.25, 0.3) is 5.91 Å². The Kier molecular flexibility index (Phi) is 7.99. The molecule has 2 aromatic rings. The van der Waals surface area contributed by atoms with Crippen molar-refractivity contribution in [3.63, 3.8) is 0 Å². The third kappa shape index (κ3) is 6.08. The Hall–Kier alpha value is -2.89. The van der Waals surface area contributed by atoms with Crippen molar-refractivity contribution in [3.8, 4) is 5.75 Å². The zero-order valence-electron chi connectivity index (χ0n) is 16.6. The number of ether oxygens (including phenoxy) is 1. The minimum atomic E-state index is -0.371. The second-order valence-electron chi connectivity index (χ2n) is 6.76. The van der Waals surface area contributed by atoms with Gasteiger partial charge >= 0.3 is 0 Å². The number of aryl methyl sites for hydroxylation is 1. The van der Waals surface area contributed by atoms with E-state index in [1.165, 1.54) is 17.1 Å². The molecular formula is C22H27FN2O3. The Bertz CT molecular complexity index is 794. The monoisotopic (exact) mass is 386 g/mol. The van der Waals surface area contributed by atoms with E-state index < -0.39 is 0 Å². The van der Waals surface area contributed by atoms with Gasteiger partial charge in [0, 0.05) is 18.0 Å². The second-order valence-corrected chi connectivity index (χ2v) is 6.76. The van der Waals surface area contributed by atoms with E-state index in [0.29, 0.717) is 29.9 Å². The smallest absolute Gasteiger partial charge is 0.269 e. The number of carbonyl (C=O) groups excluding carboxylic acids is 2. The molecule has 0 heterocycles. The fraction of sp³-hybridized carbons (Fsp3) is 0.364. The maximum atomic E-state index is 13.6. The van der Waals surface area contributed by atoms with Crippen molar-refractivity contribution in [3.05, 3.63) is 65.5 Å². The predicted molar refractivity (Wildman–Crippen MR) is 106 cm³/mol. The van der Waals surface area contributed by atoms with Crippen LogP contribution in [-0.2, 0) is 11.2 Å². The van der Waals surface area contributed by atoms with Gasteiger partial charge in [0.2, 0.25) is 5.91 Å². The van der Waals surface area contributed by atoms with Crippen LogP contribution in [0.1, 0.15) is 49.5 Å². The van der Waals surface area contributed by atoms with Crippen LogP contribution in [0.25, 0.3) is 0 Å². The van der Waals surface area contributed by atoms with Gasteiger partial charge in [-0.3, -0.25) is 20.0 Å².